The number of ether oxygens (including phenoxy) is 1. The SMILES string of the molecule is C=C(CC(CCC)(CCC)OC)c1ccc(C(=N)N)cc1. The lowest BCUT2D eigenvalue weighted by atomic mass is 9.84. The molecule has 0 aliphatic heterocycles. The summed E-state index contributed by atoms with van der Waals surface area (Å²) in [5.41, 5.74) is 8.28. The van der Waals surface area contributed by atoms with E-state index in [-0.39, 0.29) is 11.4 Å². The lowest BCUT2D eigenvalue weighted by Gasteiger charge is -2.33. The van der Waals surface area contributed by atoms with E-state index in [0.29, 0.717) is 0 Å². The first-order valence-electron chi connectivity index (χ1n) is 7.65. The van der Waals surface area contributed by atoms with Crippen LogP contribution in [0.4, 0.5) is 0 Å². The summed E-state index contributed by atoms with van der Waals surface area (Å²) < 4.78 is 5.86. The summed E-state index contributed by atoms with van der Waals surface area (Å²) in [5.74, 6) is 0.0929. The second-order valence-electron chi connectivity index (χ2n) is 5.66. The van der Waals surface area contributed by atoms with Gasteiger partial charge in [0.15, 0.2) is 0 Å². The van der Waals surface area contributed by atoms with Crippen molar-refractivity contribution in [1.29, 1.82) is 5.41 Å². The molecule has 0 unspecified atom stereocenters. The van der Waals surface area contributed by atoms with Gasteiger partial charge in [0.25, 0.3) is 0 Å². The number of hydrogen-bond acceptors (Lipinski definition) is 2. The molecular weight excluding hydrogens is 260 g/mol. The summed E-state index contributed by atoms with van der Waals surface area (Å²) in [5, 5.41) is 7.43. The van der Waals surface area contributed by atoms with Crippen LogP contribution < -0.4 is 5.73 Å². The third kappa shape index (κ3) is 4.71. The Bertz CT molecular complexity index is 470. The minimum atomic E-state index is -0.111. The molecule has 0 fully saturated rings. The predicted octanol–water partition coefficient (Wildman–Crippen LogP) is 4.36. The van der Waals surface area contributed by atoms with Crippen LogP contribution in [0, 0.1) is 5.41 Å². The Balaban J connectivity index is 2.88. The van der Waals surface area contributed by atoms with Crippen molar-refractivity contribution >= 4 is 11.4 Å². The molecule has 0 saturated heterocycles. The van der Waals surface area contributed by atoms with E-state index in [2.05, 4.69) is 20.4 Å². The first-order valence-corrected chi connectivity index (χ1v) is 7.65. The largest absolute Gasteiger partial charge is 0.384 e. The number of methoxy groups -OCH3 is 1. The van der Waals surface area contributed by atoms with Gasteiger partial charge in [-0.05, 0) is 24.0 Å². The Morgan fingerprint density at radius 2 is 1.62 bits per heavy atom. The highest BCUT2D eigenvalue weighted by atomic mass is 16.5. The molecule has 0 amide bonds. The molecule has 0 spiro atoms. The van der Waals surface area contributed by atoms with Gasteiger partial charge in [-0.15, -0.1) is 0 Å². The molecule has 0 aliphatic rings. The standard InChI is InChI=1S/C18H28N2O/c1-5-11-18(21-4,12-6-2)13-14(3)15-7-9-16(10-8-15)17(19)20/h7-10H,3,5-6,11-13H2,1-2,4H3,(H3,19,20). The average molecular weight is 288 g/mol. The molecule has 1 aromatic carbocycles. The van der Waals surface area contributed by atoms with Crippen LogP contribution in [0.3, 0.4) is 0 Å². The molecule has 3 heteroatoms. The fourth-order valence-electron chi connectivity index (χ4n) is 2.87. The highest BCUT2D eigenvalue weighted by Crippen LogP contribution is 2.33. The van der Waals surface area contributed by atoms with E-state index in [1.807, 2.05) is 24.3 Å². The van der Waals surface area contributed by atoms with Crippen LogP contribution >= 0.6 is 0 Å². The summed E-state index contributed by atoms with van der Waals surface area (Å²) >= 11 is 0. The van der Waals surface area contributed by atoms with Crippen molar-refractivity contribution in [2.75, 3.05) is 7.11 Å². The summed E-state index contributed by atoms with van der Waals surface area (Å²) in [6.07, 6.45) is 5.13. The van der Waals surface area contributed by atoms with Gasteiger partial charge in [0.2, 0.25) is 0 Å². The minimum absolute atomic E-state index is 0.0929. The van der Waals surface area contributed by atoms with Crippen molar-refractivity contribution in [3.05, 3.63) is 42.0 Å². The van der Waals surface area contributed by atoms with Gasteiger partial charge in [0.1, 0.15) is 5.84 Å². The highest BCUT2D eigenvalue weighted by molar-refractivity contribution is 5.95. The molecular formula is C18H28N2O. The second kappa shape index (κ2) is 7.99. The van der Waals surface area contributed by atoms with Crippen molar-refractivity contribution in [3.8, 4) is 0 Å². The second-order valence-corrected chi connectivity index (χ2v) is 5.66. The molecule has 0 radical (unpaired) electrons. The highest BCUT2D eigenvalue weighted by Gasteiger charge is 2.28. The van der Waals surface area contributed by atoms with Crippen LogP contribution in [-0.4, -0.2) is 18.5 Å². The molecule has 3 N–H and O–H groups in total. The Labute approximate surface area is 128 Å². The van der Waals surface area contributed by atoms with Crippen LogP contribution in [0.2, 0.25) is 0 Å². The molecule has 0 heterocycles. The minimum Gasteiger partial charge on any atom is -0.384 e. The Morgan fingerprint density at radius 3 is 2.00 bits per heavy atom. The molecule has 1 aromatic rings. The van der Waals surface area contributed by atoms with E-state index in [4.69, 9.17) is 15.9 Å². The number of hydrogen-bond donors (Lipinski definition) is 2. The topological polar surface area (TPSA) is 59.1 Å². The Morgan fingerprint density at radius 1 is 1.14 bits per heavy atom. The van der Waals surface area contributed by atoms with Crippen molar-refractivity contribution in [2.24, 2.45) is 5.73 Å². The van der Waals surface area contributed by atoms with Crippen LogP contribution in [-0.2, 0) is 4.74 Å². The third-order valence-electron chi connectivity index (χ3n) is 3.98. The zero-order valence-corrected chi connectivity index (χ0v) is 13.5. The van der Waals surface area contributed by atoms with Crippen molar-refractivity contribution < 1.29 is 4.74 Å². The van der Waals surface area contributed by atoms with Crippen LogP contribution in [0.25, 0.3) is 5.57 Å². The van der Waals surface area contributed by atoms with Gasteiger partial charge >= 0.3 is 0 Å². The van der Waals surface area contributed by atoms with Crippen molar-refractivity contribution in [1.82, 2.24) is 0 Å². The van der Waals surface area contributed by atoms with Gasteiger partial charge in [-0.2, -0.15) is 0 Å². The maximum Gasteiger partial charge on any atom is 0.122 e. The summed E-state index contributed by atoms with van der Waals surface area (Å²) in [4.78, 5) is 0. The Kier molecular flexibility index (Phi) is 6.63. The fourth-order valence-corrected chi connectivity index (χ4v) is 2.87. The van der Waals surface area contributed by atoms with Crippen LogP contribution in [0.5, 0.6) is 0 Å². The summed E-state index contributed by atoms with van der Waals surface area (Å²) in [7, 11) is 1.80. The molecule has 0 atom stereocenters. The number of nitrogen functional groups attached to an aromatic ring is 1. The van der Waals surface area contributed by atoms with E-state index < -0.39 is 0 Å². The van der Waals surface area contributed by atoms with Gasteiger partial charge in [0, 0.05) is 19.1 Å². The molecule has 0 aromatic heterocycles. The average Bonchev–Trinajstić information content (AvgIpc) is 2.47. The first-order chi connectivity index (χ1) is 9.98. The van der Waals surface area contributed by atoms with Crippen LogP contribution in [0.15, 0.2) is 30.8 Å². The van der Waals surface area contributed by atoms with E-state index in [0.717, 1.165) is 48.8 Å². The van der Waals surface area contributed by atoms with Gasteiger partial charge in [-0.25, -0.2) is 0 Å². The first kappa shape index (κ1) is 17.4. The van der Waals surface area contributed by atoms with Crippen molar-refractivity contribution in [2.45, 2.75) is 51.6 Å². The quantitative estimate of drug-likeness (QED) is 0.524. The lowest BCUT2D eigenvalue weighted by molar-refractivity contribution is -0.0210. The molecule has 0 aliphatic carbocycles. The van der Waals surface area contributed by atoms with E-state index in [1.165, 1.54) is 0 Å². The van der Waals surface area contributed by atoms with Crippen molar-refractivity contribution in [3.63, 3.8) is 0 Å². The van der Waals surface area contributed by atoms with Gasteiger partial charge < -0.3 is 10.5 Å². The van der Waals surface area contributed by atoms with Gasteiger partial charge in [-0.1, -0.05) is 57.5 Å². The number of nitrogens with two attached hydrogens (primary N) is 1. The maximum absolute atomic E-state index is 7.43. The normalized spacial score (nSPS) is 11.4. The van der Waals surface area contributed by atoms with E-state index in [9.17, 15) is 0 Å². The number of amidine groups is 1. The van der Waals surface area contributed by atoms with Gasteiger partial charge in [0.05, 0.1) is 5.60 Å². The number of benzene rings is 1. The molecule has 3 nitrogen and oxygen atoms in total. The molecule has 1 rings (SSSR count). The number of nitrogens with one attached hydrogen (secondary N) is 1. The lowest BCUT2D eigenvalue weighted by Crippen LogP contribution is -2.31. The van der Waals surface area contributed by atoms with Gasteiger partial charge in [-0.3, -0.25) is 5.41 Å². The molecule has 0 bridgehead atoms. The summed E-state index contributed by atoms with van der Waals surface area (Å²) in [6, 6.07) is 7.71. The summed E-state index contributed by atoms with van der Waals surface area (Å²) in [6.45, 7) is 8.61. The zero-order chi connectivity index (χ0) is 15.9. The third-order valence-corrected chi connectivity index (χ3v) is 3.98. The maximum atomic E-state index is 7.43. The van der Waals surface area contributed by atoms with Crippen LogP contribution in [0.1, 0.15) is 57.1 Å². The monoisotopic (exact) mass is 288 g/mol. The number of rotatable bonds is 9. The predicted molar refractivity (Wildman–Crippen MR) is 90.7 cm³/mol. The fraction of sp³-hybridized carbons (Fsp3) is 0.500. The molecule has 21 heavy (non-hydrogen) atoms. The molecule has 116 valence electrons. The van der Waals surface area contributed by atoms with E-state index in [1.54, 1.807) is 7.11 Å². The Hall–Kier alpha value is -1.61. The smallest absolute Gasteiger partial charge is 0.122 e. The van der Waals surface area contributed by atoms with E-state index >= 15 is 0 Å². The molecule has 0 saturated carbocycles. The zero-order valence-electron chi connectivity index (χ0n) is 13.5.